The molecule has 150 valence electrons. The second kappa shape index (κ2) is 9.39. The highest BCUT2D eigenvalue weighted by Crippen LogP contribution is 2.40. The molecule has 10 heteroatoms. The van der Waals surface area contributed by atoms with E-state index in [1.165, 1.54) is 11.8 Å². The summed E-state index contributed by atoms with van der Waals surface area (Å²) < 4.78 is 12.5. The van der Waals surface area contributed by atoms with Crippen LogP contribution in [0.5, 0.6) is 0 Å². The SMILES string of the molecule is NCCSc1ccc(C2CCNc3ccccc32)c(/C(N)=N/NN)c1S(N)=O. The van der Waals surface area contributed by atoms with Gasteiger partial charge in [-0.2, -0.15) is 0 Å². The number of nitrogens with two attached hydrogens (primary N) is 4. The lowest BCUT2D eigenvalue weighted by Crippen LogP contribution is -2.28. The second-order valence-corrected chi connectivity index (χ2v) is 8.41. The van der Waals surface area contributed by atoms with E-state index in [1.54, 1.807) is 0 Å². The number of anilines is 1. The summed E-state index contributed by atoms with van der Waals surface area (Å²) in [6.45, 7) is 1.31. The van der Waals surface area contributed by atoms with Crippen LogP contribution in [0.25, 0.3) is 0 Å². The highest BCUT2D eigenvalue weighted by molar-refractivity contribution is 7.99. The standard InChI is InChI=1S/C18H25N7OS2/c19-8-10-27-15-6-5-13(16(17(15)28(22)26)18(20)24-25-21)11-7-9-23-14-4-2-1-3-12(11)14/h1-6,11,23,25H,7-10,19,21-22H2,(H2,20,24). The van der Waals surface area contributed by atoms with Gasteiger partial charge in [-0.25, -0.2) is 20.7 Å². The van der Waals surface area contributed by atoms with Gasteiger partial charge in [-0.1, -0.05) is 24.3 Å². The molecule has 2 aromatic carbocycles. The number of nitrogens with zero attached hydrogens (tertiary/aromatic N) is 1. The van der Waals surface area contributed by atoms with Crippen LogP contribution >= 0.6 is 11.8 Å². The molecule has 0 fully saturated rings. The third-order valence-electron chi connectivity index (χ3n) is 4.63. The van der Waals surface area contributed by atoms with Crippen LogP contribution in [-0.4, -0.2) is 28.9 Å². The lowest BCUT2D eigenvalue weighted by molar-refractivity contribution is 0.680. The molecule has 28 heavy (non-hydrogen) atoms. The quantitative estimate of drug-likeness (QED) is 0.127. The Balaban J connectivity index is 2.23. The molecule has 2 unspecified atom stereocenters. The van der Waals surface area contributed by atoms with Crippen LogP contribution in [0.2, 0.25) is 0 Å². The lowest BCUT2D eigenvalue weighted by Gasteiger charge is -2.29. The molecule has 0 saturated carbocycles. The van der Waals surface area contributed by atoms with Crippen LogP contribution in [0.4, 0.5) is 5.69 Å². The Kier molecular flexibility index (Phi) is 6.92. The van der Waals surface area contributed by atoms with Crippen molar-refractivity contribution in [1.29, 1.82) is 0 Å². The molecular weight excluding hydrogens is 394 g/mol. The Labute approximate surface area is 171 Å². The van der Waals surface area contributed by atoms with Crippen molar-refractivity contribution in [1.82, 2.24) is 5.53 Å². The Hall–Kier alpha value is -2.11. The van der Waals surface area contributed by atoms with E-state index >= 15 is 0 Å². The minimum Gasteiger partial charge on any atom is -0.385 e. The molecule has 0 spiro atoms. The minimum absolute atomic E-state index is 0.0647. The predicted octanol–water partition coefficient (Wildman–Crippen LogP) is 0.750. The van der Waals surface area contributed by atoms with E-state index < -0.39 is 11.0 Å². The molecule has 8 nitrogen and oxygen atoms in total. The summed E-state index contributed by atoms with van der Waals surface area (Å²) in [5, 5.41) is 13.2. The second-order valence-electron chi connectivity index (χ2n) is 6.27. The van der Waals surface area contributed by atoms with Gasteiger partial charge in [-0.3, -0.25) is 0 Å². The summed E-state index contributed by atoms with van der Waals surface area (Å²) in [6, 6.07) is 12.1. The number of fused-ring (bicyclic) bond motifs is 1. The number of hydrogen-bond donors (Lipinski definition) is 6. The molecule has 0 aliphatic carbocycles. The van der Waals surface area contributed by atoms with E-state index in [0.29, 0.717) is 22.8 Å². The molecule has 1 heterocycles. The van der Waals surface area contributed by atoms with Gasteiger partial charge in [0.05, 0.1) is 4.90 Å². The number of rotatable bonds is 7. The Bertz CT molecular complexity index is 903. The summed E-state index contributed by atoms with van der Waals surface area (Å²) in [5.41, 5.74) is 17.8. The van der Waals surface area contributed by atoms with Crippen molar-refractivity contribution in [2.75, 3.05) is 24.2 Å². The molecule has 0 radical (unpaired) electrons. The first-order valence-electron chi connectivity index (χ1n) is 8.86. The summed E-state index contributed by atoms with van der Waals surface area (Å²) in [4.78, 5) is 1.24. The number of nitrogens with one attached hydrogen (secondary N) is 2. The van der Waals surface area contributed by atoms with Crippen LogP contribution in [0.15, 0.2) is 51.3 Å². The van der Waals surface area contributed by atoms with Crippen LogP contribution in [0.1, 0.15) is 29.0 Å². The summed E-state index contributed by atoms with van der Waals surface area (Å²) in [6.07, 6.45) is 0.860. The van der Waals surface area contributed by atoms with Crippen molar-refractivity contribution in [2.24, 2.45) is 27.6 Å². The van der Waals surface area contributed by atoms with E-state index in [2.05, 4.69) is 22.0 Å². The minimum atomic E-state index is -1.76. The monoisotopic (exact) mass is 419 g/mol. The topological polar surface area (TPSA) is 158 Å². The van der Waals surface area contributed by atoms with Gasteiger partial charge in [0, 0.05) is 40.9 Å². The fraction of sp³-hybridized carbons (Fsp3) is 0.278. The first kappa shape index (κ1) is 20.6. The third kappa shape index (κ3) is 4.15. The third-order valence-corrected chi connectivity index (χ3v) is 6.68. The number of hydrazine groups is 1. The van der Waals surface area contributed by atoms with Gasteiger partial charge in [-0.15, -0.1) is 16.9 Å². The van der Waals surface area contributed by atoms with Gasteiger partial charge < -0.3 is 16.8 Å². The maximum atomic E-state index is 12.5. The van der Waals surface area contributed by atoms with E-state index in [0.717, 1.165) is 34.7 Å². The molecule has 0 saturated heterocycles. The van der Waals surface area contributed by atoms with Crippen LogP contribution < -0.4 is 33.3 Å². The number of hydrazone groups is 1. The molecule has 10 N–H and O–H groups in total. The summed E-state index contributed by atoms with van der Waals surface area (Å²) >= 11 is 1.49. The maximum Gasteiger partial charge on any atom is 0.153 e. The fourth-order valence-electron chi connectivity index (χ4n) is 3.53. The zero-order chi connectivity index (χ0) is 20.1. The lowest BCUT2D eigenvalue weighted by atomic mass is 9.82. The van der Waals surface area contributed by atoms with E-state index in [-0.39, 0.29) is 11.8 Å². The van der Waals surface area contributed by atoms with Gasteiger partial charge in [-0.05, 0) is 29.7 Å². The van der Waals surface area contributed by atoms with Crippen LogP contribution in [-0.2, 0) is 11.0 Å². The van der Waals surface area contributed by atoms with E-state index in [9.17, 15) is 4.21 Å². The Morgan fingerprint density at radius 2 is 2.07 bits per heavy atom. The molecule has 1 aliphatic rings. The van der Waals surface area contributed by atoms with Crippen molar-refractivity contribution in [3.63, 3.8) is 0 Å². The predicted molar refractivity (Wildman–Crippen MR) is 116 cm³/mol. The molecule has 0 bridgehead atoms. The summed E-state index contributed by atoms with van der Waals surface area (Å²) in [7, 11) is -1.76. The van der Waals surface area contributed by atoms with E-state index in [1.807, 2.05) is 30.3 Å². The smallest absolute Gasteiger partial charge is 0.153 e. The molecular formula is C18H25N7OS2. The van der Waals surface area contributed by atoms with Crippen LogP contribution in [0, 0.1) is 0 Å². The van der Waals surface area contributed by atoms with Crippen molar-refractivity contribution in [3.8, 4) is 0 Å². The fourth-order valence-corrected chi connectivity index (χ4v) is 5.38. The number of benzene rings is 2. The van der Waals surface area contributed by atoms with Crippen molar-refractivity contribution < 1.29 is 4.21 Å². The van der Waals surface area contributed by atoms with Crippen molar-refractivity contribution in [2.45, 2.75) is 22.1 Å². The zero-order valence-electron chi connectivity index (χ0n) is 15.4. The number of hydrogen-bond acceptors (Lipinski definition) is 7. The Morgan fingerprint density at radius 1 is 1.29 bits per heavy atom. The van der Waals surface area contributed by atoms with Gasteiger partial charge in [0.25, 0.3) is 0 Å². The molecule has 0 amide bonds. The summed E-state index contributed by atoms with van der Waals surface area (Å²) in [5.74, 6) is 6.25. The normalized spacial score (nSPS) is 17.5. The van der Waals surface area contributed by atoms with Gasteiger partial charge in [0.15, 0.2) is 5.84 Å². The maximum absolute atomic E-state index is 12.5. The molecule has 1 aliphatic heterocycles. The highest BCUT2D eigenvalue weighted by Gasteiger charge is 2.28. The van der Waals surface area contributed by atoms with Gasteiger partial charge >= 0.3 is 0 Å². The number of para-hydroxylation sites is 1. The van der Waals surface area contributed by atoms with Crippen molar-refractivity contribution >= 4 is 34.3 Å². The average Bonchev–Trinajstić information content (AvgIpc) is 2.71. The highest BCUT2D eigenvalue weighted by atomic mass is 32.2. The molecule has 2 atom stereocenters. The molecule has 2 aromatic rings. The first-order valence-corrected chi connectivity index (χ1v) is 11.1. The Morgan fingerprint density at radius 3 is 2.79 bits per heavy atom. The van der Waals surface area contributed by atoms with E-state index in [4.69, 9.17) is 22.4 Å². The molecule has 0 aromatic heterocycles. The van der Waals surface area contributed by atoms with Gasteiger partial charge in [0.2, 0.25) is 0 Å². The van der Waals surface area contributed by atoms with Crippen molar-refractivity contribution in [3.05, 3.63) is 53.1 Å². The number of amidine groups is 1. The molecule has 3 rings (SSSR count). The average molecular weight is 420 g/mol. The largest absolute Gasteiger partial charge is 0.385 e. The van der Waals surface area contributed by atoms with Crippen LogP contribution in [0.3, 0.4) is 0 Å². The van der Waals surface area contributed by atoms with Gasteiger partial charge in [0.1, 0.15) is 11.0 Å². The number of thioether (sulfide) groups is 1. The first-order chi connectivity index (χ1) is 13.6. The zero-order valence-corrected chi connectivity index (χ0v) is 17.0.